The first kappa shape index (κ1) is 37.7. The molecule has 0 radical (unpaired) electrons. The third kappa shape index (κ3) is 11.1. The van der Waals surface area contributed by atoms with Crippen LogP contribution in [-0.4, -0.2) is 81.7 Å². The fourth-order valence-electron chi connectivity index (χ4n) is 6.29. The molecule has 0 aromatic rings. The number of amides is 1. The molecule has 0 aliphatic carbocycles. The van der Waals surface area contributed by atoms with Crippen molar-refractivity contribution in [3.05, 3.63) is 0 Å². The lowest BCUT2D eigenvalue weighted by atomic mass is 9.79. The molecular formula is C32H59NO9Si. The predicted molar refractivity (Wildman–Crippen MR) is 167 cm³/mol. The molecule has 2 rings (SSSR count). The Hall–Kier alpha value is -1.53. The predicted octanol–water partition coefficient (Wildman–Crippen LogP) is 5.30. The van der Waals surface area contributed by atoms with Gasteiger partial charge in [0.1, 0.15) is 12.7 Å². The number of nitrogens with one attached hydrogen (secondary N) is 1. The van der Waals surface area contributed by atoms with E-state index in [9.17, 15) is 14.4 Å². The standard InChI is InChI=1S/C32H59NO9Si/c1-13-25(39-24(8)35)20(4)30-28(33-27(36)14-2)19(3)17-32(9,42-30)41-29-21(5)26(18-38-23(7)34)40-31(22(29)6)37-15-16-43(10,11)12/h19-22,25-26,28-31H,13-18H2,1-12H3,(H,33,36)/t19-,20-,21+,22?,25-,26?,28-,29+,30?,31-,32+/m1/s1. The lowest BCUT2D eigenvalue weighted by molar-refractivity contribution is -0.352. The van der Waals surface area contributed by atoms with Crippen molar-refractivity contribution in [3.8, 4) is 0 Å². The van der Waals surface area contributed by atoms with Crippen LogP contribution in [0.2, 0.25) is 25.7 Å². The molecule has 11 atom stereocenters. The average Bonchev–Trinajstić information content (AvgIpc) is 2.90. The summed E-state index contributed by atoms with van der Waals surface area (Å²) >= 11 is 0. The molecule has 10 nitrogen and oxygen atoms in total. The molecule has 43 heavy (non-hydrogen) atoms. The van der Waals surface area contributed by atoms with Gasteiger partial charge in [-0.05, 0) is 25.3 Å². The highest BCUT2D eigenvalue weighted by atomic mass is 28.3. The van der Waals surface area contributed by atoms with E-state index in [-0.39, 0.29) is 66.4 Å². The molecule has 250 valence electrons. The Bertz CT molecular complexity index is 927. The molecule has 2 aliphatic rings. The van der Waals surface area contributed by atoms with Crippen molar-refractivity contribution in [3.63, 3.8) is 0 Å². The number of ether oxygens (including phenoxy) is 6. The second-order valence-corrected chi connectivity index (χ2v) is 19.7. The van der Waals surface area contributed by atoms with E-state index in [2.05, 4.69) is 38.8 Å². The van der Waals surface area contributed by atoms with Crippen LogP contribution in [0.15, 0.2) is 0 Å². The number of rotatable bonds is 14. The molecule has 0 saturated carbocycles. The fraction of sp³-hybridized carbons (Fsp3) is 0.906. The first-order chi connectivity index (χ1) is 19.9. The van der Waals surface area contributed by atoms with Gasteiger partial charge in [0.2, 0.25) is 5.91 Å². The van der Waals surface area contributed by atoms with Gasteiger partial charge in [-0.1, -0.05) is 61.2 Å². The van der Waals surface area contributed by atoms with Gasteiger partial charge in [-0.3, -0.25) is 14.4 Å². The molecule has 3 unspecified atom stereocenters. The van der Waals surface area contributed by atoms with Crippen LogP contribution in [0.25, 0.3) is 0 Å². The van der Waals surface area contributed by atoms with Crippen molar-refractivity contribution < 1.29 is 42.8 Å². The van der Waals surface area contributed by atoms with E-state index in [0.717, 1.165) is 6.04 Å². The zero-order chi connectivity index (χ0) is 32.7. The molecule has 0 bridgehead atoms. The first-order valence-electron chi connectivity index (χ1n) is 16.1. The van der Waals surface area contributed by atoms with Gasteiger partial charge in [-0.25, -0.2) is 0 Å². The van der Waals surface area contributed by atoms with Crippen molar-refractivity contribution in [1.82, 2.24) is 5.32 Å². The SMILES string of the molecule is CCC(=O)N[C@H]1C([C@H](C)[C@@H](CC)OC(C)=O)O[C@](C)(O[C@@H]2C(C)[C@H](OCC[Si](C)(C)C)OC(COC(C)=O)[C@@H]2C)C[C@H]1C. The first-order valence-corrected chi connectivity index (χ1v) is 19.8. The van der Waals surface area contributed by atoms with E-state index in [1.807, 2.05) is 34.6 Å². The maximum absolute atomic E-state index is 12.6. The van der Waals surface area contributed by atoms with E-state index in [1.54, 1.807) is 0 Å². The summed E-state index contributed by atoms with van der Waals surface area (Å²) in [5.41, 5.74) is 0. The second-order valence-electron chi connectivity index (χ2n) is 14.1. The van der Waals surface area contributed by atoms with Crippen molar-refractivity contribution >= 4 is 25.9 Å². The molecule has 2 heterocycles. The van der Waals surface area contributed by atoms with Crippen molar-refractivity contribution in [1.29, 1.82) is 0 Å². The number of esters is 2. The van der Waals surface area contributed by atoms with Gasteiger partial charge in [0.05, 0.1) is 24.4 Å². The van der Waals surface area contributed by atoms with Crippen LogP contribution in [0.1, 0.15) is 81.6 Å². The van der Waals surface area contributed by atoms with E-state index in [4.69, 9.17) is 28.4 Å². The number of hydrogen-bond acceptors (Lipinski definition) is 9. The molecule has 1 amide bonds. The second kappa shape index (κ2) is 16.2. The molecule has 2 fully saturated rings. The summed E-state index contributed by atoms with van der Waals surface area (Å²) in [5, 5.41) is 3.17. The van der Waals surface area contributed by atoms with Gasteiger partial charge in [0, 0.05) is 59.1 Å². The lowest BCUT2D eigenvalue weighted by Gasteiger charge is -2.52. The Morgan fingerprint density at radius 1 is 1.05 bits per heavy atom. The highest BCUT2D eigenvalue weighted by molar-refractivity contribution is 6.76. The van der Waals surface area contributed by atoms with E-state index >= 15 is 0 Å². The molecule has 2 aliphatic heterocycles. The van der Waals surface area contributed by atoms with E-state index in [1.165, 1.54) is 13.8 Å². The number of carbonyl (C=O) groups excluding carboxylic acids is 3. The topological polar surface area (TPSA) is 119 Å². The van der Waals surface area contributed by atoms with Crippen LogP contribution in [0.5, 0.6) is 0 Å². The number of hydrogen-bond donors (Lipinski definition) is 1. The summed E-state index contributed by atoms with van der Waals surface area (Å²) in [7, 11) is -1.32. The minimum atomic E-state index is -1.32. The summed E-state index contributed by atoms with van der Waals surface area (Å²) in [5.74, 6) is -2.21. The van der Waals surface area contributed by atoms with Gasteiger partial charge in [0.25, 0.3) is 0 Å². The van der Waals surface area contributed by atoms with Crippen LogP contribution in [0.4, 0.5) is 0 Å². The monoisotopic (exact) mass is 629 g/mol. The van der Waals surface area contributed by atoms with Crippen molar-refractivity contribution in [2.75, 3.05) is 13.2 Å². The van der Waals surface area contributed by atoms with Gasteiger partial charge >= 0.3 is 11.9 Å². The molecule has 0 aromatic carbocycles. The molecule has 2 saturated heterocycles. The zero-order valence-electron chi connectivity index (χ0n) is 28.7. The Morgan fingerprint density at radius 3 is 2.23 bits per heavy atom. The van der Waals surface area contributed by atoms with Crippen LogP contribution >= 0.6 is 0 Å². The fourth-order valence-corrected chi connectivity index (χ4v) is 7.02. The van der Waals surface area contributed by atoms with Crippen molar-refractivity contribution in [2.45, 2.75) is 150 Å². The molecule has 1 N–H and O–H groups in total. The third-order valence-corrected chi connectivity index (χ3v) is 10.6. The third-order valence-electron chi connectivity index (χ3n) is 8.85. The van der Waals surface area contributed by atoms with Gasteiger partial charge in [-0.2, -0.15) is 0 Å². The summed E-state index contributed by atoms with van der Waals surface area (Å²) < 4.78 is 37.5. The van der Waals surface area contributed by atoms with Crippen LogP contribution in [0.3, 0.4) is 0 Å². The van der Waals surface area contributed by atoms with Gasteiger partial charge in [-0.15, -0.1) is 0 Å². The van der Waals surface area contributed by atoms with Crippen LogP contribution in [-0.2, 0) is 42.8 Å². The Morgan fingerprint density at radius 2 is 1.70 bits per heavy atom. The maximum atomic E-state index is 12.6. The Labute approximate surface area is 260 Å². The summed E-state index contributed by atoms with van der Waals surface area (Å²) in [6.07, 6.45) is -0.578. The quantitative estimate of drug-likeness (QED) is 0.202. The lowest BCUT2D eigenvalue weighted by Crippen LogP contribution is -2.63. The summed E-state index contributed by atoms with van der Waals surface area (Å²) in [6, 6.07) is 0.724. The van der Waals surface area contributed by atoms with E-state index in [0.29, 0.717) is 25.9 Å². The molecular weight excluding hydrogens is 570 g/mol. The molecule has 11 heteroatoms. The Balaban J connectivity index is 2.37. The normalized spacial score (nSPS) is 34.6. The maximum Gasteiger partial charge on any atom is 0.302 e. The highest BCUT2D eigenvalue weighted by Crippen LogP contribution is 2.43. The minimum Gasteiger partial charge on any atom is -0.463 e. The zero-order valence-corrected chi connectivity index (χ0v) is 29.7. The average molecular weight is 630 g/mol. The van der Waals surface area contributed by atoms with Crippen molar-refractivity contribution in [2.24, 2.45) is 23.7 Å². The number of carbonyl (C=O) groups is 3. The smallest absolute Gasteiger partial charge is 0.302 e. The largest absolute Gasteiger partial charge is 0.463 e. The summed E-state index contributed by atoms with van der Waals surface area (Å²) in [6.45, 7) is 24.4. The van der Waals surface area contributed by atoms with Crippen LogP contribution < -0.4 is 5.32 Å². The highest BCUT2D eigenvalue weighted by Gasteiger charge is 2.52. The minimum absolute atomic E-state index is 0.0163. The van der Waals surface area contributed by atoms with Crippen LogP contribution in [0, 0.1) is 23.7 Å². The molecule has 0 aromatic heterocycles. The van der Waals surface area contributed by atoms with E-state index < -0.39 is 32.4 Å². The Kier molecular flexibility index (Phi) is 14.1. The van der Waals surface area contributed by atoms with Gasteiger partial charge in [0.15, 0.2) is 12.1 Å². The van der Waals surface area contributed by atoms with Gasteiger partial charge < -0.3 is 33.7 Å². The summed E-state index contributed by atoms with van der Waals surface area (Å²) in [4.78, 5) is 36.1. The molecule has 0 spiro atoms.